The van der Waals surface area contributed by atoms with Crippen molar-refractivity contribution in [3.05, 3.63) is 132 Å². The average molecular weight is 791 g/mol. The third kappa shape index (κ3) is 6.08. The van der Waals surface area contributed by atoms with Gasteiger partial charge in [-0.25, -0.2) is 24.8 Å². The van der Waals surface area contributed by atoms with Gasteiger partial charge < -0.3 is 19.7 Å². The molecule has 6 aromatic carbocycles. The van der Waals surface area contributed by atoms with Crippen LogP contribution in [0.1, 0.15) is 34.6 Å². The number of ketones is 2. The largest absolute Gasteiger partial charge is 0.506 e. The fourth-order valence-electron chi connectivity index (χ4n) is 6.81. The van der Waals surface area contributed by atoms with Crippen molar-refractivity contribution in [1.82, 2.24) is 7.94 Å². The first-order valence-corrected chi connectivity index (χ1v) is 19.9. The van der Waals surface area contributed by atoms with Gasteiger partial charge in [-0.1, -0.05) is 36.4 Å². The SMILES string of the molecule is COc1ccc2c(c1)c1c(O)c(C(C)=O)ccc1n2S(=O)(=O)c1ccccc1.COc1ccc2c(c1)c1c(O)c(C(C)=O)ccc1n2S(=O)(=O)c1ccccc1. The van der Waals surface area contributed by atoms with Crippen LogP contribution in [0.4, 0.5) is 0 Å². The van der Waals surface area contributed by atoms with E-state index in [1.165, 1.54) is 72.4 Å². The van der Waals surface area contributed by atoms with Gasteiger partial charge in [0.05, 0.1) is 68.0 Å². The van der Waals surface area contributed by atoms with Gasteiger partial charge in [0.25, 0.3) is 20.0 Å². The van der Waals surface area contributed by atoms with Crippen molar-refractivity contribution >= 4 is 75.2 Å². The Morgan fingerprint density at radius 2 is 0.839 bits per heavy atom. The van der Waals surface area contributed by atoms with E-state index in [1.54, 1.807) is 84.9 Å². The number of nitrogens with zero attached hydrogens (tertiary/aromatic N) is 2. The topological polar surface area (TPSA) is 171 Å². The Morgan fingerprint density at radius 1 is 0.500 bits per heavy atom. The lowest BCUT2D eigenvalue weighted by Crippen LogP contribution is -2.12. The molecule has 0 radical (unpaired) electrons. The van der Waals surface area contributed by atoms with E-state index in [0.717, 1.165) is 0 Å². The number of phenols is 2. The number of methoxy groups -OCH3 is 2. The molecule has 14 heteroatoms. The van der Waals surface area contributed by atoms with Crippen LogP contribution in [-0.2, 0) is 20.0 Å². The van der Waals surface area contributed by atoms with E-state index in [1.807, 2.05) is 0 Å². The molecule has 2 aromatic heterocycles. The van der Waals surface area contributed by atoms with Gasteiger partial charge in [0.15, 0.2) is 11.6 Å². The zero-order chi connectivity index (χ0) is 40.1. The molecule has 56 heavy (non-hydrogen) atoms. The van der Waals surface area contributed by atoms with Gasteiger partial charge in [0, 0.05) is 10.8 Å². The van der Waals surface area contributed by atoms with E-state index in [9.17, 15) is 36.6 Å². The summed E-state index contributed by atoms with van der Waals surface area (Å²) in [5.74, 6) is -0.0914. The molecule has 0 bridgehead atoms. The first-order chi connectivity index (χ1) is 26.7. The summed E-state index contributed by atoms with van der Waals surface area (Å²) in [5, 5.41) is 23.1. The summed E-state index contributed by atoms with van der Waals surface area (Å²) < 4.78 is 66.5. The molecule has 0 aliphatic rings. The molecule has 2 N–H and O–H groups in total. The molecule has 2 heterocycles. The van der Waals surface area contributed by atoms with Crippen LogP contribution in [0.3, 0.4) is 0 Å². The normalized spacial score (nSPS) is 11.8. The Kier molecular flexibility index (Phi) is 9.56. The number of ether oxygens (including phenoxy) is 2. The van der Waals surface area contributed by atoms with E-state index in [4.69, 9.17) is 9.47 Å². The highest BCUT2D eigenvalue weighted by molar-refractivity contribution is 7.90. The van der Waals surface area contributed by atoms with Gasteiger partial charge in [-0.2, -0.15) is 0 Å². The Morgan fingerprint density at radius 3 is 1.16 bits per heavy atom. The minimum absolute atomic E-state index is 0.125. The highest BCUT2D eigenvalue weighted by Crippen LogP contribution is 2.42. The third-order valence-corrected chi connectivity index (χ3v) is 12.9. The van der Waals surface area contributed by atoms with Crippen molar-refractivity contribution < 1.29 is 46.1 Å². The summed E-state index contributed by atoms with van der Waals surface area (Å²) in [7, 11) is -4.87. The van der Waals surface area contributed by atoms with E-state index in [2.05, 4.69) is 0 Å². The molecule has 0 saturated carbocycles. The molecule has 284 valence electrons. The minimum atomic E-state index is -3.94. The number of benzene rings is 6. The van der Waals surface area contributed by atoms with Crippen molar-refractivity contribution in [1.29, 1.82) is 0 Å². The second kappa shape index (κ2) is 14.2. The van der Waals surface area contributed by atoms with Crippen LogP contribution < -0.4 is 9.47 Å². The van der Waals surface area contributed by atoms with Crippen LogP contribution in [-0.4, -0.2) is 60.8 Å². The van der Waals surface area contributed by atoms with Gasteiger partial charge in [0.2, 0.25) is 0 Å². The summed E-state index contributed by atoms with van der Waals surface area (Å²) in [4.78, 5) is 24.0. The summed E-state index contributed by atoms with van der Waals surface area (Å²) in [5.41, 5.74) is 1.61. The molecular formula is C42H34N2O10S2. The number of phenolic OH excluding ortho intramolecular Hbond substituents is 2. The Hall–Kier alpha value is -6.64. The maximum atomic E-state index is 13.4. The fraction of sp³-hybridized carbons (Fsp3) is 0.0952. The molecule has 0 saturated heterocycles. The molecule has 0 aliphatic heterocycles. The van der Waals surface area contributed by atoms with Crippen molar-refractivity contribution in [3.8, 4) is 23.0 Å². The van der Waals surface area contributed by atoms with Crippen LogP contribution in [0.2, 0.25) is 0 Å². The number of aromatic hydroxyl groups is 2. The number of rotatable bonds is 8. The summed E-state index contributed by atoms with van der Waals surface area (Å²) in [6.45, 7) is 2.70. The van der Waals surface area contributed by atoms with Gasteiger partial charge in [0.1, 0.15) is 23.0 Å². The Labute approximate surface area is 321 Å². The summed E-state index contributed by atoms with van der Waals surface area (Å²) in [6, 6.07) is 31.9. The molecule has 8 aromatic rings. The number of hydrogen-bond donors (Lipinski definition) is 2. The van der Waals surface area contributed by atoms with Crippen LogP contribution in [0.5, 0.6) is 23.0 Å². The molecule has 0 amide bonds. The molecule has 0 spiro atoms. The monoisotopic (exact) mass is 790 g/mol. The van der Waals surface area contributed by atoms with Crippen LogP contribution >= 0.6 is 0 Å². The maximum Gasteiger partial charge on any atom is 0.268 e. The number of fused-ring (bicyclic) bond motifs is 6. The highest BCUT2D eigenvalue weighted by Gasteiger charge is 2.28. The van der Waals surface area contributed by atoms with Crippen LogP contribution in [0.15, 0.2) is 131 Å². The van der Waals surface area contributed by atoms with Crippen molar-refractivity contribution in [2.45, 2.75) is 23.6 Å². The Bertz CT molecular complexity index is 2890. The zero-order valence-corrected chi connectivity index (χ0v) is 32.1. The van der Waals surface area contributed by atoms with Crippen molar-refractivity contribution in [3.63, 3.8) is 0 Å². The van der Waals surface area contributed by atoms with E-state index in [-0.39, 0.29) is 55.0 Å². The molecule has 0 aliphatic carbocycles. The highest BCUT2D eigenvalue weighted by atomic mass is 32.2. The second-order valence-electron chi connectivity index (χ2n) is 12.8. The molecular weight excluding hydrogens is 757 g/mol. The Balaban J connectivity index is 0.000000172. The van der Waals surface area contributed by atoms with Crippen LogP contribution in [0, 0.1) is 0 Å². The minimum Gasteiger partial charge on any atom is -0.506 e. The van der Waals surface area contributed by atoms with Crippen molar-refractivity contribution in [2.75, 3.05) is 14.2 Å². The lowest BCUT2D eigenvalue weighted by atomic mass is 10.0. The molecule has 8 rings (SSSR count). The number of carbonyl (C=O) groups excluding carboxylic acids is 2. The zero-order valence-electron chi connectivity index (χ0n) is 30.4. The number of Topliss-reactive ketones (excluding diaryl/α,β-unsaturated/α-hetero) is 2. The van der Waals surface area contributed by atoms with Gasteiger partial charge in [-0.05, 0) is 98.8 Å². The number of hydrogen-bond acceptors (Lipinski definition) is 10. The summed E-state index contributed by atoms with van der Waals surface area (Å²) in [6.07, 6.45) is 0. The summed E-state index contributed by atoms with van der Waals surface area (Å²) >= 11 is 0. The molecule has 0 fully saturated rings. The van der Waals surface area contributed by atoms with Crippen molar-refractivity contribution in [2.24, 2.45) is 0 Å². The van der Waals surface area contributed by atoms with E-state index in [0.29, 0.717) is 44.1 Å². The smallest absolute Gasteiger partial charge is 0.268 e. The van der Waals surface area contributed by atoms with Gasteiger partial charge in [-0.3, -0.25) is 9.59 Å². The molecule has 12 nitrogen and oxygen atoms in total. The van der Waals surface area contributed by atoms with Gasteiger partial charge >= 0.3 is 0 Å². The van der Waals surface area contributed by atoms with Crippen LogP contribution in [0.25, 0.3) is 43.6 Å². The lowest BCUT2D eigenvalue weighted by molar-refractivity contribution is 0.100. The number of carbonyl (C=O) groups is 2. The second-order valence-corrected chi connectivity index (χ2v) is 16.3. The quantitative estimate of drug-likeness (QED) is 0.144. The lowest BCUT2D eigenvalue weighted by Gasteiger charge is -2.10. The van der Waals surface area contributed by atoms with Gasteiger partial charge in [-0.15, -0.1) is 0 Å². The third-order valence-electron chi connectivity index (χ3n) is 9.45. The predicted octanol–water partition coefficient (Wildman–Crippen LogP) is 7.90. The molecule has 0 atom stereocenters. The average Bonchev–Trinajstić information content (AvgIpc) is 3.72. The standard InChI is InChI=1S/2C21H17NO5S/c2*1-13(23)16-9-11-19-20(21(16)24)17-12-14(27-2)8-10-18(17)22(19)28(25,26)15-6-4-3-5-7-15/h2*3-12,24H,1-2H3. The first kappa shape index (κ1) is 37.7. The van der Waals surface area contributed by atoms with E-state index < -0.39 is 20.0 Å². The fourth-order valence-corrected chi connectivity index (χ4v) is 9.89. The number of aromatic nitrogens is 2. The predicted molar refractivity (Wildman–Crippen MR) is 213 cm³/mol. The maximum absolute atomic E-state index is 13.4. The first-order valence-electron chi connectivity index (χ1n) is 17.0. The molecule has 0 unspecified atom stereocenters. The van der Waals surface area contributed by atoms with E-state index >= 15 is 0 Å².